The number of halogens is 1. The Hall–Kier alpha value is -1.36. The number of carbonyl (C=O) groups excluding carboxylic acids is 2. The molecule has 2 atom stereocenters. The van der Waals surface area contributed by atoms with Crippen LogP contribution in [0, 0.1) is 0 Å². The second-order valence-electron chi connectivity index (χ2n) is 3.83. The average Bonchev–Trinajstić information content (AvgIpc) is 2.71. The van der Waals surface area contributed by atoms with Crippen LogP contribution in [0.5, 0.6) is 0 Å². The summed E-state index contributed by atoms with van der Waals surface area (Å²) < 4.78 is 4.95. The van der Waals surface area contributed by atoms with E-state index in [9.17, 15) is 9.59 Å². The number of hydrogen-bond donors (Lipinski definition) is 0. The zero-order valence-electron chi connectivity index (χ0n) is 9.30. The lowest BCUT2D eigenvalue weighted by Crippen LogP contribution is -2.38. The summed E-state index contributed by atoms with van der Waals surface area (Å²) >= 11 is 3.18. The van der Waals surface area contributed by atoms with E-state index in [4.69, 9.17) is 4.74 Å². The zero-order chi connectivity index (χ0) is 12.4. The van der Waals surface area contributed by atoms with Crippen LogP contribution in [0.1, 0.15) is 18.5 Å². The number of amides is 2. The van der Waals surface area contributed by atoms with Gasteiger partial charge >= 0.3 is 6.09 Å². The standard InChI is InChI=1S/C12H12BrNO3/c1-8(13)11(15)14-10(7-17-12(14)16)9-5-3-2-4-6-9/h2-6,8,10H,7H2,1H3. The molecule has 1 aliphatic heterocycles. The molecular formula is C12H12BrNO3. The molecular weight excluding hydrogens is 286 g/mol. The van der Waals surface area contributed by atoms with Gasteiger partial charge in [0.15, 0.2) is 0 Å². The van der Waals surface area contributed by atoms with Crippen LogP contribution in [0.4, 0.5) is 4.79 Å². The summed E-state index contributed by atoms with van der Waals surface area (Å²) in [5.41, 5.74) is 0.903. The van der Waals surface area contributed by atoms with Crippen LogP contribution in [0.15, 0.2) is 30.3 Å². The first kappa shape index (κ1) is 12.1. The lowest BCUT2D eigenvalue weighted by molar-refractivity contribution is -0.128. The molecule has 1 fully saturated rings. The molecule has 4 nitrogen and oxygen atoms in total. The van der Waals surface area contributed by atoms with Gasteiger partial charge in [0.25, 0.3) is 0 Å². The Morgan fingerprint density at radius 2 is 2.12 bits per heavy atom. The molecule has 1 aromatic carbocycles. The number of cyclic esters (lactones) is 1. The number of imide groups is 1. The van der Waals surface area contributed by atoms with Gasteiger partial charge in [-0.2, -0.15) is 0 Å². The highest BCUT2D eigenvalue weighted by atomic mass is 79.9. The monoisotopic (exact) mass is 297 g/mol. The maximum atomic E-state index is 11.9. The number of alkyl halides is 1. The second kappa shape index (κ2) is 4.87. The lowest BCUT2D eigenvalue weighted by atomic mass is 10.1. The van der Waals surface area contributed by atoms with Crippen LogP contribution in [-0.4, -0.2) is 28.3 Å². The summed E-state index contributed by atoms with van der Waals surface area (Å²) in [6.07, 6.45) is -0.574. The van der Waals surface area contributed by atoms with Crippen molar-refractivity contribution < 1.29 is 14.3 Å². The van der Waals surface area contributed by atoms with Gasteiger partial charge in [-0.05, 0) is 12.5 Å². The van der Waals surface area contributed by atoms with Crippen LogP contribution in [0.2, 0.25) is 0 Å². The minimum atomic E-state index is -0.574. The second-order valence-corrected chi connectivity index (χ2v) is 5.20. The van der Waals surface area contributed by atoms with E-state index >= 15 is 0 Å². The summed E-state index contributed by atoms with van der Waals surface area (Å²) in [7, 11) is 0. The molecule has 0 N–H and O–H groups in total. The Morgan fingerprint density at radius 3 is 2.71 bits per heavy atom. The molecule has 0 bridgehead atoms. The Morgan fingerprint density at radius 1 is 1.47 bits per heavy atom. The Balaban J connectivity index is 2.29. The summed E-state index contributed by atoms with van der Waals surface area (Å²) in [4.78, 5) is 24.3. The van der Waals surface area contributed by atoms with E-state index in [1.807, 2.05) is 30.3 Å². The van der Waals surface area contributed by atoms with Crippen LogP contribution in [0.3, 0.4) is 0 Å². The molecule has 0 aliphatic carbocycles. The number of hydrogen-bond acceptors (Lipinski definition) is 3. The molecule has 0 saturated carbocycles. The van der Waals surface area contributed by atoms with Crippen LogP contribution >= 0.6 is 15.9 Å². The highest BCUT2D eigenvalue weighted by Gasteiger charge is 2.39. The summed E-state index contributed by atoms with van der Waals surface area (Å²) in [5, 5.41) is 0. The smallest absolute Gasteiger partial charge is 0.417 e. The largest absolute Gasteiger partial charge is 0.446 e. The fraction of sp³-hybridized carbons (Fsp3) is 0.333. The van der Waals surface area contributed by atoms with E-state index in [1.165, 1.54) is 4.90 Å². The minimum absolute atomic E-state index is 0.217. The van der Waals surface area contributed by atoms with E-state index in [0.29, 0.717) is 0 Å². The van der Waals surface area contributed by atoms with Gasteiger partial charge in [-0.1, -0.05) is 46.3 Å². The van der Waals surface area contributed by atoms with Crippen LogP contribution < -0.4 is 0 Å². The number of benzene rings is 1. The van der Waals surface area contributed by atoms with E-state index in [0.717, 1.165) is 5.56 Å². The molecule has 1 heterocycles. The molecule has 0 radical (unpaired) electrons. The van der Waals surface area contributed by atoms with Crippen molar-refractivity contribution in [1.29, 1.82) is 0 Å². The highest BCUT2D eigenvalue weighted by molar-refractivity contribution is 9.10. The van der Waals surface area contributed by atoms with Gasteiger partial charge < -0.3 is 4.74 Å². The fourth-order valence-electron chi connectivity index (χ4n) is 1.78. The maximum absolute atomic E-state index is 11.9. The maximum Gasteiger partial charge on any atom is 0.417 e. The number of rotatable bonds is 2. The van der Waals surface area contributed by atoms with E-state index in [1.54, 1.807) is 6.92 Å². The first-order valence-electron chi connectivity index (χ1n) is 5.30. The Labute approximate surface area is 108 Å². The zero-order valence-corrected chi connectivity index (χ0v) is 10.9. The Bertz CT molecular complexity index is 433. The molecule has 2 rings (SSSR count). The van der Waals surface area contributed by atoms with E-state index < -0.39 is 10.9 Å². The third kappa shape index (κ3) is 2.34. The van der Waals surface area contributed by atoms with Gasteiger partial charge in [-0.25, -0.2) is 9.69 Å². The summed E-state index contributed by atoms with van der Waals surface area (Å²) in [6.45, 7) is 1.91. The molecule has 1 saturated heterocycles. The molecule has 2 unspecified atom stereocenters. The van der Waals surface area contributed by atoms with Crippen LogP contribution in [-0.2, 0) is 9.53 Å². The van der Waals surface area contributed by atoms with Crippen molar-refractivity contribution in [3.8, 4) is 0 Å². The van der Waals surface area contributed by atoms with E-state index in [2.05, 4.69) is 15.9 Å². The van der Waals surface area contributed by atoms with Crippen molar-refractivity contribution in [2.75, 3.05) is 6.61 Å². The SMILES string of the molecule is CC(Br)C(=O)N1C(=O)OCC1c1ccccc1. The topological polar surface area (TPSA) is 46.6 Å². The van der Waals surface area contributed by atoms with Gasteiger partial charge in [-0.15, -0.1) is 0 Å². The fourth-order valence-corrected chi connectivity index (χ4v) is 2.00. The Kier molecular flexibility index (Phi) is 3.47. The van der Waals surface area contributed by atoms with Gasteiger partial charge in [-0.3, -0.25) is 4.79 Å². The predicted molar refractivity (Wildman–Crippen MR) is 65.8 cm³/mol. The van der Waals surface area contributed by atoms with Gasteiger partial charge in [0.2, 0.25) is 5.91 Å². The van der Waals surface area contributed by atoms with Gasteiger partial charge in [0, 0.05) is 0 Å². The van der Waals surface area contributed by atoms with Gasteiger partial charge in [0.05, 0.1) is 4.83 Å². The molecule has 2 amide bonds. The average molecular weight is 298 g/mol. The highest BCUT2D eigenvalue weighted by Crippen LogP contribution is 2.28. The lowest BCUT2D eigenvalue weighted by Gasteiger charge is -2.20. The summed E-state index contributed by atoms with van der Waals surface area (Å²) in [5.74, 6) is -0.277. The third-order valence-corrected chi connectivity index (χ3v) is 3.03. The summed E-state index contributed by atoms with van der Waals surface area (Å²) in [6, 6.07) is 9.07. The number of ether oxygens (including phenoxy) is 1. The molecule has 17 heavy (non-hydrogen) atoms. The van der Waals surface area contributed by atoms with Crippen LogP contribution in [0.25, 0.3) is 0 Å². The molecule has 90 valence electrons. The normalized spacial score (nSPS) is 21.2. The van der Waals surface area contributed by atoms with Crippen molar-refractivity contribution in [1.82, 2.24) is 4.90 Å². The first-order valence-corrected chi connectivity index (χ1v) is 6.21. The molecule has 1 aliphatic rings. The molecule has 1 aromatic rings. The number of carbonyl (C=O) groups is 2. The quantitative estimate of drug-likeness (QED) is 0.788. The van der Waals surface area contributed by atoms with Crippen molar-refractivity contribution >= 4 is 27.9 Å². The third-order valence-electron chi connectivity index (χ3n) is 2.64. The van der Waals surface area contributed by atoms with Crippen molar-refractivity contribution in [3.05, 3.63) is 35.9 Å². The number of nitrogens with zero attached hydrogens (tertiary/aromatic N) is 1. The van der Waals surface area contributed by atoms with Gasteiger partial charge in [0.1, 0.15) is 12.6 Å². The first-order chi connectivity index (χ1) is 8.11. The van der Waals surface area contributed by atoms with Crippen molar-refractivity contribution in [2.45, 2.75) is 17.8 Å². The predicted octanol–water partition coefficient (Wildman–Crippen LogP) is 2.49. The molecule has 0 aromatic heterocycles. The molecule has 0 spiro atoms. The van der Waals surface area contributed by atoms with Crippen molar-refractivity contribution in [3.63, 3.8) is 0 Å². The van der Waals surface area contributed by atoms with Crippen molar-refractivity contribution in [2.24, 2.45) is 0 Å². The van der Waals surface area contributed by atoms with E-state index in [-0.39, 0.29) is 18.6 Å². The minimum Gasteiger partial charge on any atom is -0.446 e. The molecule has 5 heteroatoms.